The van der Waals surface area contributed by atoms with Gasteiger partial charge in [0.25, 0.3) is 10.0 Å². The third-order valence-electron chi connectivity index (χ3n) is 3.32. The van der Waals surface area contributed by atoms with Crippen LogP contribution in [0.15, 0.2) is 71.9 Å². The average molecular weight is 384 g/mol. The minimum Gasteiger partial charge on any atom is -0.424 e. The number of nitrogens with one attached hydrogen (secondary N) is 2. The Kier molecular flexibility index (Phi) is 5.32. The lowest BCUT2D eigenvalue weighted by Crippen LogP contribution is -2.13. The maximum Gasteiger partial charge on any atom is 0.322 e. The highest BCUT2D eigenvalue weighted by Crippen LogP contribution is 2.20. The number of rotatable bonds is 6. The van der Waals surface area contributed by atoms with Crippen molar-refractivity contribution in [2.24, 2.45) is 0 Å². The summed E-state index contributed by atoms with van der Waals surface area (Å²) in [6.07, 6.45) is 2.63. The number of carbonyl (C=O) groups is 1. The molecule has 0 aliphatic rings. The zero-order valence-corrected chi connectivity index (χ0v) is 15.1. The number of ether oxygens (including phenoxy) is 1. The van der Waals surface area contributed by atoms with Crippen molar-refractivity contribution in [3.63, 3.8) is 0 Å². The van der Waals surface area contributed by atoms with Gasteiger partial charge in [-0.1, -0.05) is 18.2 Å². The van der Waals surface area contributed by atoms with Crippen molar-refractivity contribution in [1.29, 1.82) is 0 Å². The van der Waals surface area contributed by atoms with Gasteiger partial charge in [-0.05, 0) is 36.4 Å². The first-order valence-electron chi connectivity index (χ1n) is 7.88. The molecule has 9 heteroatoms. The standard InChI is InChI=1S/C18H16N4O4S/c1-13(23)21-14-7-9-17(10-8-14)27(24,25)22-15-11-19-18(20-12-15)26-16-5-3-2-4-6-16/h2-12,22H,1H3,(H,21,23). The summed E-state index contributed by atoms with van der Waals surface area (Å²) in [5.74, 6) is 0.337. The summed E-state index contributed by atoms with van der Waals surface area (Å²) in [4.78, 5) is 19.0. The summed E-state index contributed by atoms with van der Waals surface area (Å²) >= 11 is 0. The van der Waals surface area contributed by atoms with Crippen LogP contribution in [-0.4, -0.2) is 24.3 Å². The van der Waals surface area contributed by atoms with Crippen LogP contribution in [0.5, 0.6) is 11.8 Å². The lowest BCUT2D eigenvalue weighted by atomic mass is 10.3. The first-order chi connectivity index (χ1) is 12.9. The van der Waals surface area contributed by atoms with E-state index in [0.717, 1.165) is 0 Å². The minimum absolute atomic E-state index is 0.0428. The van der Waals surface area contributed by atoms with Crippen LogP contribution in [0.25, 0.3) is 0 Å². The second-order valence-corrected chi connectivity index (χ2v) is 7.16. The van der Waals surface area contributed by atoms with Gasteiger partial charge in [-0.2, -0.15) is 0 Å². The number of carbonyl (C=O) groups excluding carboxylic acids is 1. The van der Waals surface area contributed by atoms with E-state index in [-0.39, 0.29) is 22.5 Å². The van der Waals surface area contributed by atoms with Crippen molar-refractivity contribution in [3.8, 4) is 11.8 Å². The van der Waals surface area contributed by atoms with Crippen molar-refractivity contribution in [3.05, 3.63) is 67.0 Å². The van der Waals surface area contributed by atoms with Crippen molar-refractivity contribution >= 4 is 27.3 Å². The Labute approximate surface area is 156 Å². The molecule has 0 atom stereocenters. The van der Waals surface area contributed by atoms with E-state index in [1.807, 2.05) is 18.2 Å². The number of amides is 1. The number of benzene rings is 2. The molecule has 138 valence electrons. The number of nitrogens with zero attached hydrogens (tertiary/aromatic N) is 2. The largest absolute Gasteiger partial charge is 0.424 e. The van der Waals surface area contributed by atoms with Gasteiger partial charge >= 0.3 is 6.01 Å². The molecule has 0 bridgehead atoms. The molecule has 1 heterocycles. The third kappa shape index (κ3) is 5.02. The lowest BCUT2D eigenvalue weighted by Gasteiger charge is -2.09. The first-order valence-corrected chi connectivity index (χ1v) is 9.36. The Morgan fingerprint density at radius 1 is 0.926 bits per heavy atom. The number of anilines is 2. The maximum atomic E-state index is 12.4. The molecule has 1 amide bonds. The molecule has 0 aliphatic heterocycles. The zero-order chi connectivity index (χ0) is 19.3. The van der Waals surface area contributed by atoms with Crippen molar-refractivity contribution in [2.45, 2.75) is 11.8 Å². The van der Waals surface area contributed by atoms with Crippen LogP contribution in [0.1, 0.15) is 6.92 Å². The molecule has 2 N–H and O–H groups in total. The highest BCUT2D eigenvalue weighted by molar-refractivity contribution is 7.92. The smallest absolute Gasteiger partial charge is 0.322 e. The molecule has 2 aromatic carbocycles. The molecule has 3 rings (SSSR count). The van der Waals surface area contributed by atoms with Crippen molar-refractivity contribution in [2.75, 3.05) is 10.0 Å². The normalized spacial score (nSPS) is 10.9. The van der Waals surface area contributed by atoms with Crippen LogP contribution >= 0.6 is 0 Å². The van der Waals surface area contributed by atoms with Gasteiger partial charge in [-0.25, -0.2) is 18.4 Å². The van der Waals surface area contributed by atoms with Crippen LogP contribution in [0, 0.1) is 0 Å². The fraction of sp³-hybridized carbons (Fsp3) is 0.0556. The Morgan fingerprint density at radius 3 is 2.15 bits per heavy atom. The molecule has 0 fully saturated rings. The van der Waals surface area contributed by atoms with Crippen molar-refractivity contribution in [1.82, 2.24) is 9.97 Å². The fourth-order valence-corrected chi connectivity index (χ4v) is 3.18. The molecule has 0 spiro atoms. The van der Waals surface area contributed by atoms with Gasteiger partial charge < -0.3 is 10.1 Å². The summed E-state index contributed by atoms with van der Waals surface area (Å²) in [7, 11) is -3.81. The van der Waals surface area contributed by atoms with Gasteiger partial charge in [0.2, 0.25) is 5.91 Å². The molecular weight excluding hydrogens is 368 g/mol. The van der Waals surface area contributed by atoms with Gasteiger partial charge in [0.05, 0.1) is 23.0 Å². The van der Waals surface area contributed by atoms with E-state index in [2.05, 4.69) is 20.0 Å². The average Bonchev–Trinajstić information content (AvgIpc) is 2.64. The molecule has 8 nitrogen and oxygen atoms in total. The number of aromatic nitrogens is 2. The predicted octanol–water partition coefficient (Wildman–Crippen LogP) is 3.03. The van der Waals surface area contributed by atoms with Gasteiger partial charge in [-0.15, -0.1) is 0 Å². The summed E-state index contributed by atoms with van der Waals surface area (Å²) < 4.78 is 32.7. The van der Waals surface area contributed by atoms with E-state index >= 15 is 0 Å². The Morgan fingerprint density at radius 2 is 1.56 bits per heavy atom. The van der Waals surface area contributed by atoms with Gasteiger partial charge in [0, 0.05) is 12.6 Å². The molecule has 1 aromatic heterocycles. The van der Waals surface area contributed by atoms with Gasteiger partial charge in [0.1, 0.15) is 5.75 Å². The van der Waals surface area contributed by atoms with Crippen LogP contribution in [-0.2, 0) is 14.8 Å². The topological polar surface area (TPSA) is 110 Å². The quantitative estimate of drug-likeness (QED) is 0.676. The summed E-state index contributed by atoms with van der Waals surface area (Å²) in [6, 6.07) is 14.9. The second-order valence-electron chi connectivity index (χ2n) is 5.48. The van der Waals surface area contributed by atoms with Gasteiger partial charge in [-0.3, -0.25) is 9.52 Å². The molecule has 0 aliphatic carbocycles. The number of sulfonamides is 1. The lowest BCUT2D eigenvalue weighted by molar-refractivity contribution is -0.114. The molecule has 27 heavy (non-hydrogen) atoms. The molecular formula is C18H16N4O4S. The van der Waals surface area contributed by atoms with E-state index in [1.54, 1.807) is 12.1 Å². The van der Waals surface area contributed by atoms with Crippen LogP contribution in [0.4, 0.5) is 11.4 Å². The van der Waals surface area contributed by atoms with Crippen LogP contribution in [0.2, 0.25) is 0 Å². The highest BCUT2D eigenvalue weighted by Gasteiger charge is 2.15. The molecule has 0 radical (unpaired) electrons. The van der Waals surface area contributed by atoms with Crippen LogP contribution < -0.4 is 14.8 Å². The summed E-state index contributed by atoms with van der Waals surface area (Å²) in [5.41, 5.74) is 0.702. The number of hydrogen-bond acceptors (Lipinski definition) is 6. The van der Waals surface area contributed by atoms with Gasteiger partial charge in [0.15, 0.2) is 0 Å². The Bertz CT molecular complexity index is 1020. The van der Waals surface area contributed by atoms with E-state index < -0.39 is 10.0 Å². The molecule has 0 saturated carbocycles. The first kappa shape index (κ1) is 18.3. The third-order valence-corrected chi connectivity index (χ3v) is 4.71. The number of para-hydroxylation sites is 1. The second kappa shape index (κ2) is 7.83. The SMILES string of the molecule is CC(=O)Nc1ccc(S(=O)(=O)Nc2cnc(Oc3ccccc3)nc2)cc1. The molecule has 3 aromatic rings. The Hall–Kier alpha value is -3.46. The van der Waals surface area contributed by atoms with Crippen molar-refractivity contribution < 1.29 is 17.9 Å². The van der Waals surface area contributed by atoms with E-state index in [1.165, 1.54) is 43.6 Å². The monoisotopic (exact) mass is 384 g/mol. The summed E-state index contributed by atoms with van der Waals surface area (Å²) in [5, 5.41) is 2.57. The highest BCUT2D eigenvalue weighted by atomic mass is 32.2. The van der Waals surface area contributed by atoms with E-state index in [0.29, 0.717) is 11.4 Å². The fourth-order valence-electron chi connectivity index (χ4n) is 2.15. The molecule has 0 saturated heterocycles. The van der Waals surface area contributed by atoms with E-state index in [4.69, 9.17) is 4.74 Å². The Balaban J connectivity index is 1.69. The van der Waals surface area contributed by atoms with E-state index in [9.17, 15) is 13.2 Å². The predicted molar refractivity (Wildman–Crippen MR) is 100 cm³/mol. The van der Waals surface area contributed by atoms with Crippen LogP contribution in [0.3, 0.4) is 0 Å². The summed E-state index contributed by atoms with van der Waals surface area (Å²) in [6.45, 7) is 1.37. The molecule has 0 unspecified atom stereocenters. The zero-order valence-electron chi connectivity index (χ0n) is 14.3. The maximum absolute atomic E-state index is 12.4. The minimum atomic E-state index is -3.81. The number of hydrogen-bond donors (Lipinski definition) is 2.